The van der Waals surface area contributed by atoms with Gasteiger partial charge in [0.2, 0.25) is 0 Å². The minimum atomic E-state index is 0.481. The first-order chi connectivity index (χ1) is 8.45. The van der Waals surface area contributed by atoms with Crippen LogP contribution >= 0.6 is 15.9 Å². The standard InChI is InChI=1S/C16H26BrN/c1-11(2)7-6-8-15(18-5)14-9-12(3)16(17)13(4)10-14/h9-11,15,18H,6-8H2,1-5H3. The van der Waals surface area contributed by atoms with Crippen molar-refractivity contribution in [2.45, 2.75) is 53.0 Å². The van der Waals surface area contributed by atoms with Crippen molar-refractivity contribution in [1.29, 1.82) is 0 Å². The van der Waals surface area contributed by atoms with Crippen molar-refractivity contribution in [3.63, 3.8) is 0 Å². The molecular weight excluding hydrogens is 286 g/mol. The average Bonchev–Trinajstić information content (AvgIpc) is 2.30. The quantitative estimate of drug-likeness (QED) is 0.765. The molecule has 18 heavy (non-hydrogen) atoms. The summed E-state index contributed by atoms with van der Waals surface area (Å²) in [6.45, 7) is 8.92. The van der Waals surface area contributed by atoms with Crippen molar-refractivity contribution in [3.8, 4) is 0 Å². The summed E-state index contributed by atoms with van der Waals surface area (Å²) in [5.41, 5.74) is 4.07. The highest BCUT2D eigenvalue weighted by Crippen LogP contribution is 2.28. The molecule has 0 fully saturated rings. The third-order valence-corrected chi connectivity index (χ3v) is 4.73. The van der Waals surface area contributed by atoms with E-state index in [9.17, 15) is 0 Å². The fourth-order valence-electron chi connectivity index (χ4n) is 2.39. The van der Waals surface area contributed by atoms with E-state index in [0.29, 0.717) is 6.04 Å². The van der Waals surface area contributed by atoms with Crippen LogP contribution in [0.5, 0.6) is 0 Å². The lowest BCUT2D eigenvalue weighted by Crippen LogP contribution is -2.17. The maximum atomic E-state index is 3.64. The first-order valence-electron chi connectivity index (χ1n) is 6.89. The second-order valence-electron chi connectivity index (χ2n) is 5.63. The van der Waals surface area contributed by atoms with Gasteiger partial charge in [-0.25, -0.2) is 0 Å². The minimum absolute atomic E-state index is 0.481. The SMILES string of the molecule is CNC(CCCC(C)C)c1cc(C)c(Br)c(C)c1. The van der Waals surface area contributed by atoms with Crippen molar-refractivity contribution < 1.29 is 0 Å². The summed E-state index contributed by atoms with van der Waals surface area (Å²) >= 11 is 3.64. The summed E-state index contributed by atoms with van der Waals surface area (Å²) in [4.78, 5) is 0. The van der Waals surface area contributed by atoms with Crippen LogP contribution in [0.2, 0.25) is 0 Å². The van der Waals surface area contributed by atoms with E-state index >= 15 is 0 Å². The Labute approximate surface area is 120 Å². The normalized spacial score (nSPS) is 13.1. The van der Waals surface area contributed by atoms with Crippen molar-refractivity contribution in [1.82, 2.24) is 5.32 Å². The van der Waals surface area contributed by atoms with E-state index in [2.05, 4.69) is 68.1 Å². The molecule has 1 rings (SSSR count). The maximum Gasteiger partial charge on any atom is 0.0317 e. The van der Waals surface area contributed by atoms with E-state index in [1.807, 2.05) is 0 Å². The van der Waals surface area contributed by atoms with Gasteiger partial charge in [0.25, 0.3) is 0 Å². The molecule has 1 nitrogen and oxygen atoms in total. The smallest absolute Gasteiger partial charge is 0.0317 e. The average molecular weight is 312 g/mol. The third-order valence-electron chi connectivity index (χ3n) is 3.48. The van der Waals surface area contributed by atoms with Crippen LogP contribution in [0.3, 0.4) is 0 Å². The molecule has 0 aliphatic heterocycles. The molecule has 1 aromatic carbocycles. The van der Waals surface area contributed by atoms with Gasteiger partial charge in [0.15, 0.2) is 0 Å². The molecule has 2 heteroatoms. The number of benzene rings is 1. The van der Waals surface area contributed by atoms with E-state index in [0.717, 1.165) is 5.92 Å². The molecule has 0 saturated heterocycles. The summed E-state index contributed by atoms with van der Waals surface area (Å²) in [6.07, 6.45) is 3.82. The van der Waals surface area contributed by atoms with Gasteiger partial charge in [-0.15, -0.1) is 0 Å². The van der Waals surface area contributed by atoms with Gasteiger partial charge in [-0.1, -0.05) is 54.8 Å². The van der Waals surface area contributed by atoms with Crippen LogP contribution in [-0.4, -0.2) is 7.05 Å². The number of nitrogens with one attached hydrogen (secondary N) is 1. The zero-order chi connectivity index (χ0) is 13.7. The van der Waals surface area contributed by atoms with Crippen molar-refractivity contribution in [3.05, 3.63) is 33.3 Å². The van der Waals surface area contributed by atoms with Crippen LogP contribution in [-0.2, 0) is 0 Å². The topological polar surface area (TPSA) is 12.0 Å². The first-order valence-corrected chi connectivity index (χ1v) is 7.69. The second-order valence-corrected chi connectivity index (χ2v) is 6.43. The molecule has 0 aliphatic rings. The molecule has 0 bridgehead atoms. The highest BCUT2D eigenvalue weighted by molar-refractivity contribution is 9.10. The Bertz CT molecular complexity index is 362. The molecule has 1 unspecified atom stereocenters. The van der Waals surface area contributed by atoms with E-state index in [1.165, 1.54) is 40.4 Å². The summed E-state index contributed by atoms with van der Waals surface area (Å²) in [5.74, 6) is 0.802. The minimum Gasteiger partial charge on any atom is -0.313 e. The molecule has 102 valence electrons. The fourth-order valence-corrected chi connectivity index (χ4v) is 2.62. The highest BCUT2D eigenvalue weighted by Gasteiger charge is 2.12. The Morgan fingerprint density at radius 3 is 2.11 bits per heavy atom. The first kappa shape index (κ1) is 15.7. The summed E-state index contributed by atoms with van der Waals surface area (Å²) in [6, 6.07) is 5.08. The van der Waals surface area contributed by atoms with Gasteiger partial charge in [0, 0.05) is 10.5 Å². The molecule has 1 aromatic rings. The number of rotatable bonds is 6. The van der Waals surface area contributed by atoms with Crippen molar-refractivity contribution in [2.75, 3.05) is 7.05 Å². The molecule has 0 spiro atoms. The molecular formula is C16H26BrN. The van der Waals surface area contributed by atoms with Gasteiger partial charge in [-0.2, -0.15) is 0 Å². The predicted molar refractivity (Wildman–Crippen MR) is 84.1 cm³/mol. The molecule has 1 atom stereocenters. The second kappa shape index (κ2) is 7.30. The zero-order valence-corrected chi connectivity index (χ0v) is 13.9. The molecule has 1 N–H and O–H groups in total. The largest absolute Gasteiger partial charge is 0.313 e. The van der Waals surface area contributed by atoms with Gasteiger partial charge in [-0.3, -0.25) is 0 Å². The molecule has 0 aromatic heterocycles. The highest BCUT2D eigenvalue weighted by atomic mass is 79.9. The van der Waals surface area contributed by atoms with Crippen molar-refractivity contribution >= 4 is 15.9 Å². The Morgan fingerprint density at radius 1 is 1.11 bits per heavy atom. The monoisotopic (exact) mass is 311 g/mol. The predicted octanol–water partition coefficient (Wildman–Crippen LogP) is 5.15. The molecule has 0 aliphatic carbocycles. The lowest BCUT2D eigenvalue weighted by Gasteiger charge is -2.19. The van der Waals surface area contributed by atoms with Gasteiger partial charge >= 0.3 is 0 Å². The lowest BCUT2D eigenvalue weighted by molar-refractivity contribution is 0.470. The number of halogens is 1. The molecule has 0 radical (unpaired) electrons. The Kier molecular flexibility index (Phi) is 6.37. The van der Waals surface area contributed by atoms with Gasteiger partial charge in [-0.05, 0) is 49.9 Å². The van der Waals surface area contributed by atoms with E-state index in [4.69, 9.17) is 0 Å². The fraction of sp³-hybridized carbons (Fsp3) is 0.625. The number of hydrogen-bond donors (Lipinski definition) is 1. The van der Waals surface area contributed by atoms with Crippen LogP contribution in [0.4, 0.5) is 0 Å². The number of hydrogen-bond acceptors (Lipinski definition) is 1. The number of aryl methyl sites for hydroxylation is 2. The third kappa shape index (κ3) is 4.40. The van der Waals surface area contributed by atoms with Crippen LogP contribution in [0, 0.1) is 19.8 Å². The zero-order valence-electron chi connectivity index (χ0n) is 12.3. The maximum absolute atomic E-state index is 3.64. The van der Waals surface area contributed by atoms with E-state index in [1.54, 1.807) is 0 Å². The Hall–Kier alpha value is -0.340. The Morgan fingerprint density at radius 2 is 1.67 bits per heavy atom. The van der Waals surface area contributed by atoms with Crippen LogP contribution in [0.25, 0.3) is 0 Å². The molecule has 0 heterocycles. The Balaban J connectivity index is 2.76. The van der Waals surface area contributed by atoms with Crippen LogP contribution < -0.4 is 5.32 Å². The van der Waals surface area contributed by atoms with Gasteiger partial charge in [0.1, 0.15) is 0 Å². The van der Waals surface area contributed by atoms with Crippen molar-refractivity contribution in [2.24, 2.45) is 5.92 Å². The lowest BCUT2D eigenvalue weighted by atomic mass is 9.96. The van der Waals surface area contributed by atoms with E-state index in [-0.39, 0.29) is 0 Å². The molecule has 0 saturated carbocycles. The van der Waals surface area contributed by atoms with Gasteiger partial charge in [0.05, 0.1) is 0 Å². The van der Waals surface area contributed by atoms with Gasteiger partial charge < -0.3 is 5.32 Å². The van der Waals surface area contributed by atoms with Crippen LogP contribution in [0.15, 0.2) is 16.6 Å². The van der Waals surface area contributed by atoms with Crippen LogP contribution in [0.1, 0.15) is 55.8 Å². The summed E-state index contributed by atoms with van der Waals surface area (Å²) in [7, 11) is 2.06. The summed E-state index contributed by atoms with van der Waals surface area (Å²) in [5, 5.41) is 3.45. The van der Waals surface area contributed by atoms with E-state index < -0.39 is 0 Å². The summed E-state index contributed by atoms with van der Waals surface area (Å²) < 4.78 is 1.24. The molecule has 0 amide bonds.